The maximum absolute atomic E-state index is 13.3. The summed E-state index contributed by atoms with van der Waals surface area (Å²) in [5.74, 6) is 2.25. The third-order valence-corrected chi connectivity index (χ3v) is 7.41. The molecule has 4 nitrogen and oxygen atoms in total. The molecule has 4 rings (SSSR count). The Morgan fingerprint density at radius 2 is 0.879 bits per heavy atom. The Bertz CT molecular complexity index is 1320. The quantitative estimate of drug-likeness (QED) is 0.303. The maximum Gasteiger partial charge on any atom is 0.206 e. The van der Waals surface area contributed by atoms with Crippen LogP contribution in [0.25, 0.3) is 0 Å². The predicted molar refractivity (Wildman–Crippen MR) is 130 cm³/mol. The van der Waals surface area contributed by atoms with Crippen LogP contribution in [0.4, 0.5) is 0 Å². The summed E-state index contributed by atoms with van der Waals surface area (Å²) >= 11 is 0. The van der Waals surface area contributed by atoms with Gasteiger partial charge in [-0.2, -0.15) is 0 Å². The van der Waals surface area contributed by atoms with Crippen LogP contribution in [0, 0.1) is 27.7 Å². The van der Waals surface area contributed by atoms with Crippen LogP contribution in [0.3, 0.4) is 0 Å². The number of hydrogen-bond donors (Lipinski definition) is 0. The summed E-state index contributed by atoms with van der Waals surface area (Å²) in [5.41, 5.74) is 4.55. The lowest BCUT2D eigenvalue weighted by molar-refractivity contribution is 0.479. The molecule has 0 radical (unpaired) electrons. The van der Waals surface area contributed by atoms with Gasteiger partial charge < -0.3 is 9.47 Å². The monoisotopic (exact) mass is 458 g/mol. The average molecular weight is 459 g/mol. The summed E-state index contributed by atoms with van der Waals surface area (Å²) in [5, 5.41) is 0. The van der Waals surface area contributed by atoms with E-state index in [-0.39, 0.29) is 9.79 Å². The molecule has 4 aromatic carbocycles. The molecule has 0 fully saturated rings. The van der Waals surface area contributed by atoms with Gasteiger partial charge in [-0.05, 0) is 111 Å². The fourth-order valence-corrected chi connectivity index (χ4v) is 4.70. The summed E-state index contributed by atoms with van der Waals surface area (Å²) in [4.78, 5) is 0.319. The van der Waals surface area contributed by atoms with Gasteiger partial charge in [-0.3, -0.25) is 0 Å². The Hall–Kier alpha value is -3.57. The second kappa shape index (κ2) is 9.12. The number of hydrogen-bond acceptors (Lipinski definition) is 4. The molecule has 0 aliphatic carbocycles. The largest absolute Gasteiger partial charge is 0.457 e. The van der Waals surface area contributed by atoms with Crippen LogP contribution in [0.15, 0.2) is 94.7 Å². The van der Waals surface area contributed by atoms with E-state index in [1.54, 1.807) is 48.5 Å². The molecular formula is C28H26O4S. The van der Waals surface area contributed by atoms with Crippen LogP contribution in [0.5, 0.6) is 23.0 Å². The summed E-state index contributed by atoms with van der Waals surface area (Å²) < 4.78 is 38.5. The highest BCUT2D eigenvalue weighted by Gasteiger charge is 2.19. The average Bonchev–Trinajstić information content (AvgIpc) is 2.79. The van der Waals surface area contributed by atoms with Crippen molar-refractivity contribution in [3.63, 3.8) is 0 Å². The third kappa shape index (κ3) is 5.10. The van der Waals surface area contributed by atoms with Crippen molar-refractivity contribution in [3.8, 4) is 23.0 Å². The molecule has 0 N–H and O–H groups in total. The first-order valence-corrected chi connectivity index (χ1v) is 12.2. The minimum absolute atomic E-state index is 0.159. The first kappa shape index (κ1) is 22.6. The SMILES string of the molecule is Cc1ccc(Oc2cccc(S(=O)(=O)c3cccc(Oc4ccc(C)c(C)c4)c3)c2)cc1C. The van der Waals surface area contributed by atoms with Crippen molar-refractivity contribution < 1.29 is 17.9 Å². The molecule has 0 aliphatic heterocycles. The Morgan fingerprint density at radius 3 is 1.27 bits per heavy atom. The summed E-state index contributed by atoms with van der Waals surface area (Å²) in [6.45, 7) is 8.08. The highest BCUT2D eigenvalue weighted by Crippen LogP contribution is 2.31. The molecule has 0 amide bonds. The predicted octanol–water partition coefficient (Wildman–Crippen LogP) is 7.34. The fourth-order valence-electron chi connectivity index (χ4n) is 3.37. The first-order chi connectivity index (χ1) is 15.7. The van der Waals surface area contributed by atoms with Crippen molar-refractivity contribution in [1.29, 1.82) is 0 Å². The summed E-state index contributed by atoms with van der Waals surface area (Å²) in [6, 6.07) is 24.6. The smallest absolute Gasteiger partial charge is 0.206 e. The molecule has 0 bridgehead atoms. The van der Waals surface area contributed by atoms with Crippen LogP contribution >= 0.6 is 0 Å². The normalized spacial score (nSPS) is 11.3. The standard InChI is InChI=1S/C28H26O4S/c1-19-11-13-25(15-21(19)3)31-23-7-5-9-27(17-23)33(29,30)28-10-6-8-24(18-28)32-26-14-12-20(2)22(4)16-26/h5-18H,1-4H3. The molecule has 168 valence electrons. The van der Waals surface area contributed by atoms with E-state index in [4.69, 9.17) is 9.47 Å². The van der Waals surface area contributed by atoms with Crippen LogP contribution in [0.2, 0.25) is 0 Å². The molecule has 0 saturated carbocycles. The van der Waals surface area contributed by atoms with Crippen molar-refractivity contribution in [3.05, 3.63) is 107 Å². The van der Waals surface area contributed by atoms with E-state index in [9.17, 15) is 8.42 Å². The van der Waals surface area contributed by atoms with Crippen molar-refractivity contribution in [2.24, 2.45) is 0 Å². The Labute approximate surface area is 195 Å². The van der Waals surface area contributed by atoms with E-state index < -0.39 is 9.84 Å². The second-order valence-electron chi connectivity index (χ2n) is 8.15. The molecule has 0 saturated heterocycles. The van der Waals surface area contributed by atoms with E-state index in [1.807, 2.05) is 64.1 Å². The number of sulfone groups is 1. The fraction of sp³-hybridized carbons (Fsp3) is 0.143. The molecule has 4 aromatic rings. The Kier molecular flexibility index (Phi) is 6.25. The summed E-state index contributed by atoms with van der Waals surface area (Å²) in [6.07, 6.45) is 0. The van der Waals surface area contributed by atoms with Crippen LogP contribution in [-0.2, 0) is 9.84 Å². The lowest BCUT2D eigenvalue weighted by Crippen LogP contribution is -2.02. The zero-order valence-electron chi connectivity index (χ0n) is 19.1. The zero-order chi connectivity index (χ0) is 23.6. The molecule has 0 spiro atoms. The summed E-state index contributed by atoms with van der Waals surface area (Å²) in [7, 11) is -3.76. The lowest BCUT2D eigenvalue weighted by Gasteiger charge is -2.11. The number of ether oxygens (including phenoxy) is 2. The topological polar surface area (TPSA) is 52.6 Å². The molecule has 0 heterocycles. The van der Waals surface area contributed by atoms with Crippen molar-refractivity contribution in [1.82, 2.24) is 0 Å². The highest BCUT2D eigenvalue weighted by molar-refractivity contribution is 7.91. The van der Waals surface area contributed by atoms with Gasteiger partial charge in [0.15, 0.2) is 0 Å². The number of rotatable bonds is 6. The molecule has 5 heteroatoms. The zero-order valence-corrected chi connectivity index (χ0v) is 19.9. The van der Waals surface area contributed by atoms with Gasteiger partial charge in [0, 0.05) is 0 Å². The van der Waals surface area contributed by atoms with Crippen molar-refractivity contribution >= 4 is 9.84 Å². The minimum Gasteiger partial charge on any atom is -0.457 e. The van der Waals surface area contributed by atoms with Gasteiger partial charge in [0.05, 0.1) is 9.79 Å². The maximum atomic E-state index is 13.3. The highest BCUT2D eigenvalue weighted by atomic mass is 32.2. The van der Waals surface area contributed by atoms with Gasteiger partial charge in [0.1, 0.15) is 23.0 Å². The van der Waals surface area contributed by atoms with Gasteiger partial charge in [-0.1, -0.05) is 24.3 Å². The van der Waals surface area contributed by atoms with Crippen LogP contribution in [0.1, 0.15) is 22.3 Å². The van der Waals surface area contributed by atoms with E-state index in [0.717, 1.165) is 11.1 Å². The van der Waals surface area contributed by atoms with E-state index in [2.05, 4.69) is 0 Å². The van der Waals surface area contributed by atoms with Crippen molar-refractivity contribution in [2.45, 2.75) is 37.5 Å². The molecule has 0 aromatic heterocycles. The van der Waals surface area contributed by atoms with Gasteiger partial charge in [-0.25, -0.2) is 8.42 Å². The van der Waals surface area contributed by atoms with Gasteiger partial charge in [0.2, 0.25) is 9.84 Å². The molecule has 0 unspecified atom stereocenters. The number of aryl methyl sites for hydroxylation is 4. The molecule has 0 atom stereocenters. The van der Waals surface area contributed by atoms with E-state index >= 15 is 0 Å². The van der Waals surface area contributed by atoms with E-state index in [1.165, 1.54) is 11.1 Å². The van der Waals surface area contributed by atoms with Gasteiger partial charge in [-0.15, -0.1) is 0 Å². The Balaban J connectivity index is 1.60. The van der Waals surface area contributed by atoms with E-state index in [0.29, 0.717) is 23.0 Å². The number of benzene rings is 4. The molecule has 0 aliphatic rings. The Morgan fingerprint density at radius 1 is 0.485 bits per heavy atom. The minimum atomic E-state index is -3.76. The van der Waals surface area contributed by atoms with Crippen LogP contribution in [-0.4, -0.2) is 8.42 Å². The van der Waals surface area contributed by atoms with Gasteiger partial charge in [0.25, 0.3) is 0 Å². The third-order valence-electron chi connectivity index (χ3n) is 5.66. The second-order valence-corrected chi connectivity index (χ2v) is 10.1. The van der Waals surface area contributed by atoms with Crippen LogP contribution < -0.4 is 9.47 Å². The lowest BCUT2D eigenvalue weighted by atomic mass is 10.1. The molecule has 33 heavy (non-hydrogen) atoms. The molecular weight excluding hydrogens is 432 g/mol. The van der Waals surface area contributed by atoms with Crippen molar-refractivity contribution in [2.75, 3.05) is 0 Å². The van der Waals surface area contributed by atoms with Gasteiger partial charge >= 0.3 is 0 Å². The first-order valence-electron chi connectivity index (χ1n) is 10.7.